The lowest BCUT2D eigenvalue weighted by atomic mass is 10.1. The predicted molar refractivity (Wildman–Crippen MR) is 92.8 cm³/mol. The molecule has 0 aliphatic heterocycles. The van der Waals surface area contributed by atoms with Crippen molar-refractivity contribution in [2.75, 3.05) is 13.1 Å². The molecular formula is C18H28N2O4. The number of carboxylic acid groups (broad SMARTS) is 1. The number of aliphatic carboxylic acids is 1. The fourth-order valence-electron chi connectivity index (χ4n) is 2.28. The Bertz CT molecular complexity index is 526. The second-order valence-electron chi connectivity index (χ2n) is 6.80. The van der Waals surface area contributed by atoms with Crippen LogP contribution in [0.2, 0.25) is 0 Å². The van der Waals surface area contributed by atoms with Crippen LogP contribution in [-0.4, -0.2) is 46.8 Å². The Morgan fingerprint density at radius 2 is 1.88 bits per heavy atom. The Morgan fingerprint density at radius 3 is 2.38 bits per heavy atom. The second-order valence-corrected chi connectivity index (χ2v) is 6.80. The summed E-state index contributed by atoms with van der Waals surface area (Å²) in [6.07, 6.45) is 0.203. The molecule has 2 N–H and O–H groups in total. The van der Waals surface area contributed by atoms with E-state index in [-0.39, 0.29) is 12.6 Å². The van der Waals surface area contributed by atoms with Gasteiger partial charge >= 0.3 is 12.1 Å². The van der Waals surface area contributed by atoms with Crippen LogP contribution >= 0.6 is 0 Å². The number of nitrogens with zero attached hydrogens (tertiary/aromatic N) is 1. The van der Waals surface area contributed by atoms with E-state index in [0.717, 1.165) is 5.56 Å². The molecule has 6 nitrogen and oxygen atoms in total. The maximum Gasteiger partial charge on any atom is 0.407 e. The van der Waals surface area contributed by atoms with Crippen LogP contribution in [0.5, 0.6) is 0 Å². The van der Waals surface area contributed by atoms with E-state index in [0.29, 0.717) is 19.5 Å². The van der Waals surface area contributed by atoms with Crippen molar-refractivity contribution >= 4 is 12.1 Å². The molecule has 0 heterocycles. The van der Waals surface area contributed by atoms with Gasteiger partial charge in [-0.25, -0.2) is 4.79 Å². The van der Waals surface area contributed by atoms with Crippen LogP contribution in [-0.2, 0) is 16.1 Å². The van der Waals surface area contributed by atoms with Crippen LogP contribution in [0, 0.1) is 0 Å². The number of carboxylic acids is 1. The molecule has 134 valence electrons. The maximum atomic E-state index is 11.9. The predicted octanol–water partition coefficient (Wildman–Crippen LogP) is 2.88. The highest BCUT2D eigenvalue weighted by molar-refractivity contribution is 5.69. The lowest BCUT2D eigenvalue weighted by Gasteiger charge is -2.27. The minimum Gasteiger partial charge on any atom is -0.480 e. The molecule has 0 aliphatic rings. The number of ether oxygens (including phenoxy) is 1. The minimum absolute atomic E-state index is 0.0820. The van der Waals surface area contributed by atoms with Crippen molar-refractivity contribution in [3.63, 3.8) is 0 Å². The van der Waals surface area contributed by atoms with Gasteiger partial charge in [0.15, 0.2) is 0 Å². The van der Waals surface area contributed by atoms with Gasteiger partial charge in [0.05, 0.1) is 6.54 Å². The first-order chi connectivity index (χ1) is 11.2. The van der Waals surface area contributed by atoms with Gasteiger partial charge in [0, 0.05) is 19.1 Å². The van der Waals surface area contributed by atoms with Gasteiger partial charge < -0.3 is 15.2 Å². The Hall–Kier alpha value is -2.08. The highest BCUT2D eigenvalue weighted by atomic mass is 16.6. The molecule has 1 rings (SSSR count). The van der Waals surface area contributed by atoms with E-state index in [4.69, 9.17) is 9.84 Å². The normalized spacial score (nSPS) is 12.7. The highest BCUT2D eigenvalue weighted by Crippen LogP contribution is 2.09. The zero-order chi connectivity index (χ0) is 18.2. The Morgan fingerprint density at radius 1 is 1.25 bits per heavy atom. The quantitative estimate of drug-likeness (QED) is 0.763. The van der Waals surface area contributed by atoms with Crippen LogP contribution < -0.4 is 5.32 Å². The molecule has 0 fully saturated rings. The van der Waals surface area contributed by atoms with Crippen LogP contribution in [0.1, 0.15) is 39.7 Å². The van der Waals surface area contributed by atoms with Gasteiger partial charge in [-0.1, -0.05) is 37.3 Å². The summed E-state index contributed by atoms with van der Waals surface area (Å²) in [6, 6.07) is 9.50. The van der Waals surface area contributed by atoms with E-state index in [1.165, 1.54) is 0 Å². The molecule has 0 aromatic heterocycles. The maximum absolute atomic E-state index is 11.9. The molecular weight excluding hydrogens is 308 g/mol. The molecule has 0 bridgehead atoms. The van der Waals surface area contributed by atoms with Crippen molar-refractivity contribution in [1.29, 1.82) is 0 Å². The van der Waals surface area contributed by atoms with Gasteiger partial charge in [-0.3, -0.25) is 9.69 Å². The molecule has 1 aromatic rings. The molecule has 1 aromatic carbocycles. The summed E-state index contributed by atoms with van der Waals surface area (Å²) in [5.41, 5.74) is 0.471. The van der Waals surface area contributed by atoms with E-state index in [2.05, 4.69) is 5.32 Å². The number of carbonyl (C=O) groups excluding carboxylic acids is 1. The van der Waals surface area contributed by atoms with Crippen LogP contribution in [0.25, 0.3) is 0 Å². The van der Waals surface area contributed by atoms with Crippen molar-refractivity contribution in [2.24, 2.45) is 0 Å². The number of carbonyl (C=O) groups is 2. The summed E-state index contributed by atoms with van der Waals surface area (Å²) in [7, 11) is 0. The first-order valence-electron chi connectivity index (χ1n) is 8.17. The lowest BCUT2D eigenvalue weighted by molar-refractivity contribution is -0.138. The summed E-state index contributed by atoms with van der Waals surface area (Å²) in [5.74, 6) is -0.891. The third-order valence-electron chi connectivity index (χ3n) is 3.30. The second kappa shape index (κ2) is 9.27. The monoisotopic (exact) mass is 336 g/mol. The van der Waals surface area contributed by atoms with Crippen molar-refractivity contribution in [1.82, 2.24) is 10.2 Å². The number of rotatable bonds is 8. The van der Waals surface area contributed by atoms with Crippen molar-refractivity contribution in [3.05, 3.63) is 35.9 Å². The van der Waals surface area contributed by atoms with Crippen molar-refractivity contribution in [3.8, 4) is 0 Å². The smallest absolute Gasteiger partial charge is 0.407 e. The molecule has 6 heteroatoms. The minimum atomic E-state index is -0.891. The average molecular weight is 336 g/mol. The zero-order valence-corrected chi connectivity index (χ0v) is 14.9. The van der Waals surface area contributed by atoms with Gasteiger partial charge in [-0.05, 0) is 32.8 Å². The van der Waals surface area contributed by atoms with E-state index in [1.54, 1.807) is 20.8 Å². The highest BCUT2D eigenvalue weighted by Gasteiger charge is 2.21. The van der Waals surface area contributed by atoms with Crippen LogP contribution in [0.3, 0.4) is 0 Å². The molecule has 0 radical (unpaired) electrons. The number of amides is 1. The molecule has 24 heavy (non-hydrogen) atoms. The fraction of sp³-hybridized carbons (Fsp3) is 0.556. The van der Waals surface area contributed by atoms with E-state index < -0.39 is 17.7 Å². The standard InChI is InChI=1S/C18H28N2O4/c1-5-15(19-17(23)24-18(2,3)4)12-20(13-16(21)22)11-14-9-7-6-8-10-14/h6-10,15H,5,11-13H2,1-4H3,(H,19,23)(H,21,22)/t15-/m0/s1. The molecule has 1 amide bonds. The van der Waals surface area contributed by atoms with Crippen LogP contribution in [0.4, 0.5) is 4.79 Å². The van der Waals surface area contributed by atoms with Crippen LogP contribution in [0.15, 0.2) is 30.3 Å². The summed E-state index contributed by atoms with van der Waals surface area (Å²) in [6.45, 7) is 8.24. The molecule has 0 spiro atoms. The molecule has 0 saturated carbocycles. The largest absolute Gasteiger partial charge is 0.480 e. The SMILES string of the molecule is CC[C@@H](CN(CC(=O)O)Cc1ccccc1)NC(=O)OC(C)(C)C. The van der Waals surface area contributed by atoms with E-state index in [9.17, 15) is 9.59 Å². The summed E-state index contributed by atoms with van der Waals surface area (Å²) < 4.78 is 5.27. The third-order valence-corrected chi connectivity index (χ3v) is 3.30. The number of alkyl carbamates (subject to hydrolysis) is 1. The number of benzene rings is 1. The molecule has 1 atom stereocenters. The summed E-state index contributed by atoms with van der Waals surface area (Å²) in [5, 5.41) is 11.9. The Balaban J connectivity index is 2.68. The summed E-state index contributed by atoms with van der Waals surface area (Å²) in [4.78, 5) is 24.9. The van der Waals surface area contributed by atoms with Gasteiger partial charge in [-0.15, -0.1) is 0 Å². The summed E-state index contributed by atoms with van der Waals surface area (Å²) >= 11 is 0. The molecule has 0 saturated heterocycles. The topological polar surface area (TPSA) is 78.9 Å². The first-order valence-corrected chi connectivity index (χ1v) is 8.17. The third kappa shape index (κ3) is 8.53. The van der Waals surface area contributed by atoms with Gasteiger partial charge in [0.2, 0.25) is 0 Å². The van der Waals surface area contributed by atoms with E-state index >= 15 is 0 Å². The fourth-order valence-corrected chi connectivity index (χ4v) is 2.28. The number of nitrogens with one attached hydrogen (secondary N) is 1. The van der Waals surface area contributed by atoms with Crippen molar-refractivity contribution < 1.29 is 19.4 Å². The number of hydrogen-bond donors (Lipinski definition) is 2. The average Bonchev–Trinajstić information content (AvgIpc) is 2.44. The lowest BCUT2D eigenvalue weighted by Crippen LogP contribution is -2.46. The van der Waals surface area contributed by atoms with Gasteiger partial charge in [-0.2, -0.15) is 0 Å². The van der Waals surface area contributed by atoms with Crippen molar-refractivity contribution in [2.45, 2.75) is 52.3 Å². The Kier molecular flexibility index (Phi) is 7.71. The van der Waals surface area contributed by atoms with Gasteiger partial charge in [0.1, 0.15) is 5.60 Å². The molecule has 0 aliphatic carbocycles. The first kappa shape index (κ1) is 20.0. The zero-order valence-electron chi connectivity index (χ0n) is 14.9. The Labute approximate surface area is 143 Å². The van der Waals surface area contributed by atoms with Gasteiger partial charge in [0.25, 0.3) is 0 Å². The number of hydrogen-bond acceptors (Lipinski definition) is 4. The van der Waals surface area contributed by atoms with E-state index in [1.807, 2.05) is 42.2 Å². The molecule has 0 unspecified atom stereocenters.